The molecule has 1 aliphatic rings. The molecule has 2 heterocycles. The van der Waals surface area contributed by atoms with Crippen molar-refractivity contribution in [3.8, 4) is 5.75 Å². The van der Waals surface area contributed by atoms with Crippen LogP contribution in [0.5, 0.6) is 5.75 Å². The third-order valence-electron chi connectivity index (χ3n) is 3.75. The predicted octanol–water partition coefficient (Wildman–Crippen LogP) is 1.72. The zero-order valence-corrected chi connectivity index (χ0v) is 14.3. The Labute approximate surface area is 144 Å². The number of carbonyl (C=O) groups is 1. The van der Waals surface area contributed by atoms with Crippen LogP contribution < -0.4 is 15.6 Å². The summed E-state index contributed by atoms with van der Waals surface area (Å²) in [6.45, 7) is 3.57. The Balaban J connectivity index is 1.64. The first-order chi connectivity index (χ1) is 11.7. The maximum atomic E-state index is 12.3. The summed E-state index contributed by atoms with van der Waals surface area (Å²) in [5, 5.41) is 3.48. The van der Waals surface area contributed by atoms with Crippen molar-refractivity contribution >= 4 is 17.7 Å². The van der Waals surface area contributed by atoms with Crippen LogP contribution >= 0.6 is 11.8 Å². The van der Waals surface area contributed by atoms with E-state index in [1.54, 1.807) is 4.57 Å². The van der Waals surface area contributed by atoms with Gasteiger partial charge in [-0.2, -0.15) is 0 Å². The highest BCUT2D eigenvalue weighted by molar-refractivity contribution is 7.99. The molecule has 126 valence electrons. The molecule has 6 nitrogen and oxygen atoms in total. The van der Waals surface area contributed by atoms with Gasteiger partial charge in [-0.15, -0.1) is 0 Å². The minimum Gasteiger partial charge on any atom is -0.494 e. The molecular formula is C17H19N3O3S. The molecule has 1 amide bonds. The minimum atomic E-state index is -0.381. The van der Waals surface area contributed by atoms with Gasteiger partial charge in [0.1, 0.15) is 11.3 Å². The zero-order chi connectivity index (χ0) is 16.9. The van der Waals surface area contributed by atoms with Gasteiger partial charge in [0.15, 0.2) is 5.16 Å². The normalized spacial score (nSPS) is 12.7. The van der Waals surface area contributed by atoms with E-state index in [2.05, 4.69) is 10.3 Å². The number of nitrogens with zero attached hydrogens (tertiary/aromatic N) is 2. The molecule has 0 radical (unpaired) electrons. The summed E-state index contributed by atoms with van der Waals surface area (Å²) in [6.07, 6.45) is 2.01. The molecule has 0 bridgehead atoms. The van der Waals surface area contributed by atoms with E-state index in [-0.39, 0.29) is 17.0 Å². The molecule has 0 saturated heterocycles. The SMILES string of the molecule is CCOc1ccccc1CCNC(=O)c1cnc2n(c1=O)CCS2. The number of aromatic nitrogens is 2. The molecule has 0 spiro atoms. The Morgan fingerprint density at radius 2 is 2.25 bits per heavy atom. The average molecular weight is 345 g/mol. The summed E-state index contributed by atoms with van der Waals surface area (Å²) in [5.41, 5.74) is 0.858. The highest BCUT2D eigenvalue weighted by atomic mass is 32.2. The van der Waals surface area contributed by atoms with Crippen molar-refractivity contribution in [1.29, 1.82) is 0 Å². The fourth-order valence-corrected chi connectivity index (χ4v) is 3.50. The fraction of sp³-hybridized carbons (Fsp3) is 0.353. The van der Waals surface area contributed by atoms with Crippen molar-refractivity contribution in [1.82, 2.24) is 14.9 Å². The summed E-state index contributed by atoms with van der Waals surface area (Å²) in [4.78, 5) is 28.8. The Morgan fingerprint density at radius 1 is 1.42 bits per heavy atom. The van der Waals surface area contributed by atoms with Gasteiger partial charge in [0.05, 0.1) is 6.61 Å². The molecule has 1 aromatic carbocycles. The molecule has 24 heavy (non-hydrogen) atoms. The van der Waals surface area contributed by atoms with E-state index in [0.29, 0.717) is 31.3 Å². The van der Waals surface area contributed by atoms with Crippen LogP contribution in [0.1, 0.15) is 22.8 Å². The second-order valence-electron chi connectivity index (χ2n) is 5.31. The van der Waals surface area contributed by atoms with Gasteiger partial charge in [-0.05, 0) is 25.0 Å². The van der Waals surface area contributed by atoms with Crippen molar-refractivity contribution in [2.45, 2.75) is 25.0 Å². The summed E-state index contributed by atoms with van der Waals surface area (Å²) in [7, 11) is 0. The van der Waals surface area contributed by atoms with E-state index in [4.69, 9.17) is 4.74 Å². The quantitative estimate of drug-likeness (QED) is 0.807. The molecular weight excluding hydrogens is 326 g/mol. The van der Waals surface area contributed by atoms with Gasteiger partial charge < -0.3 is 10.1 Å². The van der Waals surface area contributed by atoms with Crippen LogP contribution in [0.4, 0.5) is 0 Å². The van der Waals surface area contributed by atoms with Gasteiger partial charge in [-0.1, -0.05) is 30.0 Å². The summed E-state index contributed by atoms with van der Waals surface area (Å²) in [5.74, 6) is 1.26. The summed E-state index contributed by atoms with van der Waals surface area (Å²) >= 11 is 1.53. The monoisotopic (exact) mass is 345 g/mol. The van der Waals surface area contributed by atoms with Crippen LogP contribution in [-0.4, -0.2) is 34.4 Å². The molecule has 0 saturated carbocycles. The third kappa shape index (κ3) is 3.46. The Morgan fingerprint density at radius 3 is 3.08 bits per heavy atom. The van der Waals surface area contributed by atoms with Crippen molar-refractivity contribution < 1.29 is 9.53 Å². The number of amides is 1. The van der Waals surface area contributed by atoms with Gasteiger partial charge in [0.25, 0.3) is 11.5 Å². The minimum absolute atomic E-state index is 0.0966. The molecule has 1 aromatic heterocycles. The van der Waals surface area contributed by atoms with Crippen LogP contribution in [0.15, 0.2) is 40.4 Å². The van der Waals surface area contributed by atoms with Crippen LogP contribution in [0.3, 0.4) is 0 Å². The van der Waals surface area contributed by atoms with Crippen LogP contribution in [-0.2, 0) is 13.0 Å². The van der Waals surface area contributed by atoms with Gasteiger partial charge in [-0.25, -0.2) is 4.98 Å². The molecule has 2 aromatic rings. The van der Waals surface area contributed by atoms with Crippen LogP contribution in [0, 0.1) is 0 Å². The van der Waals surface area contributed by atoms with E-state index in [9.17, 15) is 9.59 Å². The maximum Gasteiger partial charge on any atom is 0.267 e. The Bertz CT molecular complexity index is 804. The second kappa shape index (κ2) is 7.53. The molecule has 0 aliphatic carbocycles. The van der Waals surface area contributed by atoms with E-state index in [0.717, 1.165) is 17.1 Å². The standard InChI is InChI=1S/C17H19N3O3S/c1-2-23-14-6-4-3-5-12(14)7-8-18-15(21)13-11-19-17-20(16(13)22)9-10-24-17/h3-6,11H,2,7-10H2,1H3,(H,18,21). The van der Waals surface area contributed by atoms with E-state index < -0.39 is 0 Å². The van der Waals surface area contributed by atoms with Crippen LogP contribution in [0.2, 0.25) is 0 Å². The zero-order valence-electron chi connectivity index (χ0n) is 13.4. The van der Waals surface area contributed by atoms with Gasteiger partial charge in [0, 0.05) is 25.0 Å². The first kappa shape index (κ1) is 16.6. The highest BCUT2D eigenvalue weighted by Crippen LogP contribution is 2.20. The number of rotatable bonds is 6. The van der Waals surface area contributed by atoms with Gasteiger partial charge in [-0.3, -0.25) is 14.2 Å². The molecule has 7 heteroatoms. The first-order valence-corrected chi connectivity index (χ1v) is 8.90. The van der Waals surface area contributed by atoms with E-state index in [1.165, 1.54) is 18.0 Å². The lowest BCUT2D eigenvalue weighted by Crippen LogP contribution is -2.34. The Hall–Kier alpha value is -2.28. The summed E-state index contributed by atoms with van der Waals surface area (Å²) < 4.78 is 7.13. The number of hydrogen-bond donors (Lipinski definition) is 1. The fourth-order valence-electron chi connectivity index (χ4n) is 2.59. The first-order valence-electron chi connectivity index (χ1n) is 7.92. The average Bonchev–Trinajstić information content (AvgIpc) is 3.06. The molecule has 1 aliphatic heterocycles. The predicted molar refractivity (Wildman–Crippen MR) is 92.9 cm³/mol. The lowest BCUT2D eigenvalue weighted by molar-refractivity contribution is 0.0951. The van der Waals surface area contributed by atoms with Crippen molar-refractivity contribution in [2.24, 2.45) is 0 Å². The van der Waals surface area contributed by atoms with E-state index >= 15 is 0 Å². The number of para-hydroxylation sites is 1. The van der Waals surface area contributed by atoms with Crippen LogP contribution in [0.25, 0.3) is 0 Å². The molecule has 0 unspecified atom stereocenters. The third-order valence-corrected chi connectivity index (χ3v) is 4.72. The summed E-state index contributed by atoms with van der Waals surface area (Å²) in [6, 6.07) is 7.74. The molecule has 0 atom stereocenters. The van der Waals surface area contributed by atoms with Crippen molar-refractivity contribution in [2.75, 3.05) is 18.9 Å². The number of nitrogens with one attached hydrogen (secondary N) is 1. The van der Waals surface area contributed by atoms with Gasteiger partial charge >= 0.3 is 0 Å². The molecule has 1 N–H and O–H groups in total. The van der Waals surface area contributed by atoms with Crippen molar-refractivity contribution in [3.63, 3.8) is 0 Å². The number of hydrogen-bond acceptors (Lipinski definition) is 5. The lowest BCUT2D eigenvalue weighted by atomic mass is 10.1. The number of fused-ring (bicyclic) bond motifs is 1. The smallest absolute Gasteiger partial charge is 0.267 e. The number of ether oxygens (including phenoxy) is 1. The number of carbonyl (C=O) groups excluding carboxylic acids is 1. The van der Waals surface area contributed by atoms with Gasteiger partial charge in [0.2, 0.25) is 0 Å². The van der Waals surface area contributed by atoms with E-state index in [1.807, 2.05) is 31.2 Å². The topological polar surface area (TPSA) is 73.2 Å². The molecule has 3 rings (SSSR count). The number of thioether (sulfide) groups is 1. The largest absolute Gasteiger partial charge is 0.494 e. The second-order valence-corrected chi connectivity index (χ2v) is 6.37. The Kier molecular flexibility index (Phi) is 5.20. The van der Waals surface area contributed by atoms with Crippen molar-refractivity contribution in [3.05, 3.63) is 51.9 Å². The highest BCUT2D eigenvalue weighted by Gasteiger charge is 2.19. The number of benzene rings is 1. The lowest BCUT2D eigenvalue weighted by Gasteiger charge is -2.10. The molecule has 0 fully saturated rings. The maximum absolute atomic E-state index is 12.3.